The fourth-order valence-electron chi connectivity index (χ4n) is 4.68. The minimum absolute atomic E-state index is 0.00917. The highest BCUT2D eigenvalue weighted by atomic mass is 32.2. The first-order chi connectivity index (χ1) is 8.32. The molecule has 0 aromatic rings. The van der Waals surface area contributed by atoms with Gasteiger partial charge in [0.1, 0.15) is 5.60 Å². The van der Waals surface area contributed by atoms with E-state index < -0.39 is 5.79 Å². The van der Waals surface area contributed by atoms with Crippen LogP contribution >= 0.6 is 11.8 Å². The number of thioether (sulfide) groups is 1. The lowest BCUT2D eigenvalue weighted by Crippen LogP contribution is -2.66. The van der Waals surface area contributed by atoms with E-state index in [-0.39, 0.29) is 5.60 Å². The standard InChI is InChI=1S/C15H26O2S/c1-13(2)10-8-11(13)15(6-7-18-5)12(9-10)16-14(3,4)17-15/h10-12H,6-9H2,1-5H3/t10-,11-,12+,15-/m1/s1. The van der Waals surface area contributed by atoms with Gasteiger partial charge in [-0.15, -0.1) is 0 Å². The van der Waals surface area contributed by atoms with Crippen molar-refractivity contribution in [3.05, 3.63) is 0 Å². The number of rotatable bonds is 3. The summed E-state index contributed by atoms with van der Waals surface area (Å²) in [5.74, 6) is 2.30. The Bertz CT molecular complexity index is 352. The lowest BCUT2D eigenvalue weighted by molar-refractivity contribution is -0.229. The molecule has 3 heteroatoms. The SMILES string of the molecule is CSCC[C@]12OC(C)(C)O[C@H]1C[C@H]1C[C@@H]2C1(C)C. The van der Waals surface area contributed by atoms with Crippen LogP contribution < -0.4 is 0 Å². The van der Waals surface area contributed by atoms with Crippen LogP contribution in [0.2, 0.25) is 0 Å². The van der Waals surface area contributed by atoms with Crippen LogP contribution in [0.15, 0.2) is 0 Å². The molecule has 1 heterocycles. The molecule has 3 saturated carbocycles. The van der Waals surface area contributed by atoms with Gasteiger partial charge in [-0.05, 0) is 62.4 Å². The molecule has 4 atom stereocenters. The Morgan fingerprint density at radius 1 is 1.17 bits per heavy atom. The maximum atomic E-state index is 6.49. The molecule has 0 unspecified atom stereocenters. The quantitative estimate of drug-likeness (QED) is 0.779. The summed E-state index contributed by atoms with van der Waals surface area (Å²) in [5, 5.41) is 0. The van der Waals surface area contributed by atoms with Gasteiger partial charge in [0.15, 0.2) is 5.79 Å². The van der Waals surface area contributed by atoms with Gasteiger partial charge in [0.2, 0.25) is 0 Å². The minimum Gasteiger partial charge on any atom is -0.344 e. The smallest absolute Gasteiger partial charge is 0.164 e. The molecular weight excluding hydrogens is 244 g/mol. The highest BCUT2D eigenvalue weighted by Gasteiger charge is 2.70. The third-order valence-electron chi connectivity index (χ3n) is 5.66. The van der Waals surface area contributed by atoms with E-state index in [0.717, 1.165) is 12.3 Å². The lowest BCUT2D eigenvalue weighted by Gasteiger charge is -2.65. The predicted molar refractivity (Wildman–Crippen MR) is 75.8 cm³/mol. The Morgan fingerprint density at radius 3 is 2.50 bits per heavy atom. The van der Waals surface area contributed by atoms with Gasteiger partial charge in [-0.2, -0.15) is 11.8 Å². The molecule has 4 fully saturated rings. The van der Waals surface area contributed by atoms with Crippen molar-refractivity contribution in [3.63, 3.8) is 0 Å². The van der Waals surface area contributed by atoms with E-state index in [4.69, 9.17) is 9.47 Å². The predicted octanol–water partition coefficient (Wildman–Crippen LogP) is 3.70. The summed E-state index contributed by atoms with van der Waals surface area (Å²) in [6.45, 7) is 9.02. The van der Waals surface area contributed by atoms with Crippen LogP contribution in [-0.2, 0) is 9.47 Å². The van der Waals surface area contributed by atoms with E-state index in [1.807, 2.05) is 11.8 Å². The van der Waals surface area contributed by atoms with Crippen LogP contribution in [0.1, 0.15) is 47.0 Å². The molecule has 0 aromatic carbocycles. The van der Waals surface area contributed by atoms with E-state index in [0.29, 0.717) is 17.4 Å². The van der Waals surface area contributed by atoms with Crippen molar-refractivity contribution in [2.75, 3.05) is 12.0 Å². The molecule has 3 aliphatic carbocycles. The molecule has 18 heavy (non-hydrogen) atoms. The second-order valence-electron chi connectivity index (χ2n) is 7.35. The zero-order valence-corrected chi connectivity index (χ0v) is 13.1. The molecule has 0 aromatic heterocycles. The highest BCUT2D eigenvalue weighted by Crippen LogP contribution is 2.68. The second kappa shape index (κ2) is 3.89. The third-order valence-corrected chi connectivity index (χ3v) is 6.28. The van der Waals surface area contributed by atoms with Crippen LogP contribution in [0.4, 0.5) is 0 Å². The fraction of sp³-hybridized carbons (Fsp3) is 1.00. The first-order valence-corrected chi connectivity index (χ1v) is 8.58. The Kier molecular flexibility index (Phi) is 2.87. The average molecular weight is 270 g/mol. The number of hydrogen-bond acceptors (Lipinski definition) is 3. The van der Waals surface area contributed by atoms with E-state index in [1.54, 1.807) is 0 Å². The zero-order valence-electron chi connectivity index (χ0n) is 12.3. The molecule has 0 radical (unpaired) electrons. The molecule has 4 rings (SSSR count). The van der Waals surface area contributed by atoms with Crippen molar-refractivity contribution in [2.45, 2.75) is 64.4 Å². The molecule has 104 valence electrons. The van der Waals surface area contributed by atoms with Crippen LogP contribution in [0.25, 0.3) is 0 Å². The van der Waals surface area contributed by atoms with Gasteiger partial charge in [-0.3, -0.25) is 0 Å². The van der Waals surface area contributed by atoms with E-state index in [1.165, 1.54) is 18.6 Å². The van der Waals surface area contributed by atoms with Crippen LogP contribution in [-0.4, -0.2) is 29.5 Å². The highest BCUT2D eigenvalue weighted by molar-refractivity contribution is 7.98. The van der Waals surface area contributed by atoms with Gasteiger partial charge in [-0.25, -0.2) is 0 Å². The van der Waals surface area contributed by atoms with Crippen LogP contribution in [0.5, 0.6) is 0 Å². The van der Waals surface area contributed by atoms with Crippen molar-refractivity contribution in [1.29, 1.82) is 0 Å². The number of hydrogen-bond donors (Lipinski definition) is 0. The van der Waals surface area contributed by atoms with Crippen LogP contribution in [0, 0.1) is 17.3 Å². The molecule has 2 nitrogen and oxygen atoms in total. The van der Waals surface area contributed by atoms with Gasteiger partial charge in [0.25, 0.3) is 0 Å². The Hall–Kier alpha value is 0.270. The van der Waals surface area contributed by atoms with Crippen LogP contribution in [0.3, 0.4) is 0 Å². The van der Waals surface area contributed by atoms with Crippen molar-refractivity contribution >= 4 is 11.8 Å². The average Bonchev–Trinajstić information content (AvgIpc) is 2.55. The normalized spacial score (nSPS) is 47.5. The fourth-order valence-corrected chi connectivity index (χ4v) is 5.21. The minimum atomic E-state index is -0.392. The van der Waals surface area contributed by atoms with E-state index in [9.17, 15) is 0 Å². The van der Waals surface area contributed by atoms with Crippen molar-refractivity contribution in [2.24, 2.45) is 17.3 Å². The molecule has 2 bridgehead atoms. The van der Waals surface area contributed by atoms with Crippen molar-refractivity contribution in [1.82, 2.24) is 0 Å². The Morgan fingerprint density at radius 2 is 1.89 bits per heavy atom. The maximum absolute atomic E-state index is 6.49. The van der Waals surface area contributed by atoms with E-state index in [2.05, 4.69) is 34.0 Å². The lowest BCUT2D eigenvalue weighted by atomic mass is 9.43. The van der Waals surface area contributed by atoms with Gasteiger partial charge >= 0.3 is 0 Å². The van der Waals surface area contributed by atoms with Gasteiger partial charge < -0.3 is 9.47 Å². The maximum Gasteiger partial charge on any atom is 0.164 e. The summed E-state index contributed by atoms with van der Waals surface area (Å²) in [4.78, 5) is 0. The summed E-state index contributed by atoms with van der Waals surface area (Å²) in [6, 6.07) is 0. The molecule has 0 N–H and O–H groups in total. The molecule has 4 aliphatic rings. The van der Waals surface area contributed by atoms with Crippen molar-refractivity contribution < 1.29 is 9.47 Å². The molecular formula is C15H26O2S. The topological polar surface area (TPSA) is 18.5 Å². The van der Waals surface area contributed by atoms with E-state index >= 15 is 0 Å². The largest absolute Gasteiger partial charge is 0.344 e. The van der Waals surface area contributed by atoms with Gasteiger partial charge in [0.05, 0.1) is 6.10 Å². The molecule has 1 aliphatic heterocycles. The summed E-state index contributed by atoms with van der Waals surface area (Å²) in [6.07, 6.45) is 6.20. The Labute approximate surface area is 115 Å². The summed E-state index contributed by atoms with van der Waals surface area (Å²) in [7, 11) is 0. The van der Waals surface area contributed by atoms with Gasteiger partial charge in [-0.1, -0.05) is 13.8 Å². The summed E-state index contributed by atoms with van der Waals surface area (Å²) in [5.41, 5.74) is 0.434. The first-order valence-electron chi connectivity index (χ1n) is 7.19. The number of ether oxygens (including phenoxy) is 2. The molecule has 1 saturated heterocycles. The first kappa shape index (κ1) is 13.3. The molecule has 0 spiro atoms. The Balaban J connectivity index is 1.91. The zero-order chi connectivity index (χ0) is 13.2. The summed E-state index contributed by atoms with van der Waals surface area (Å²) >= 11 is 1.92. The third kappa shape index (κ3) is 1.63. The van der Waals surface area contributed by atoms with Gasteiger partial charge in [0, 0.05) is 0 Å². The second-order valence-corrected chi connectivity index (χ2v) is 8.33. The van der Waals surface area contributed by atoms with Crippen molar-refractivity contribution in [3.8, 4) is 0 Å². The monoisotopic (exact) mass is 270 g/mol. The summed E-state index contributed by atoms with van der Waals surface area (Å²) < 4.78 is 12.7. The molecule has 0 amide bonds.